The summed E-state index contributed by atoms with van der Waals surface area (Å²) < 4.78 is 0. The van der Waals surface area contributed by atoms with Crippen LogP contribution in [0.1, 0.15) is 13.3 Å². The fraction of sp³-hybridized carbons (Fsp3) is 0.182. The summed E-state index contributed by atoms with van der Waals surface area (Å²) >= 11 is 0. The van der Waals surface area contributed by atoms with Crippen molar-refractivity contribution in [1.29, 1.82) is 0 Å². The second-order valence-electron chi connectivity index (χ2n) is 2.89. The molecule has 0 spiro atoms. The number of carbonyl (C=O) groups excluding carboxylic acids is 1. The Kier molecular flexibility index (Phi) is 3.26. The number of Topliss-reactive ketones (excluding diaryl/α,β-unsaturated/α-hetero) is 1. The summed E-state index contributed by atoms with van der Waals surface area (Å²) in [6, 6.07) is 0. The highest BCUT2D eigenvalue weighted by Crippen LogP contribution is 2.07. The van der Waals surface area contributed by atoms with Crippen molar-refractivity contribution in [2.45, 2.75) is 13.3 Å². The van der Waals surface area contributed by atoms with E-state index in [1.807, 2.05) is 30.4 Å². The van der Waals surface area contributed by atoms with E-state index in [2.05, 4.69) is 0 Å². The largest absolute Gasteiger partial charge is 0.396 e. The molecule has 0 saturated heterocycles. The predicted octanol–water partition coefficient (Wildman–Crippen LogP) is 1.86. The zero-order valence-corrected chi connectivity index (χ0v) is 7.66. The minimum Gasteiger partial charge on any atom is -0.396 e. The van der Waals surface area contributed by atoms with E-state index in [-0.39, 0.29) is 5.78 Å². The molecule has 0 unspecified atom stereocenters. The molecule has 0 atom stereocenters. The number of hydrogen-bond acceptors (Lipinski definition) is 2. The van der Waals surface area contributed by atoms with Crippen LogP contribution in [-0.4, -0.2) is 5.78 Å². The quantitative estimate of drug-likeness (QED) is 0.651. The van der Waals surface area contributed by atoms with Crippen molar-refractivity contribution in [2.24, 2.45) is 5.73 Å². The van der Waals surface area contributed by atoms with Crippen LogP contribution in [-0.2, 0) is 4.79 Å². The molecule has 0 saturated carbocycles. The first-order valence-electron chi connectivity index (χ1n) is 4.21. The Morgan fingerprint density at radius 3 is 3.00 bits per heavy atom. The van der Waals surface area contributed by atoms with E-state index in [1.165, 1.54) is 6.92 Å². The summed E-state index contributed by atoms with van der Waals surface area (Å²) in [6.07, 6.45) is 12.5. The zero-order valence-electron chi connectivity index (χ0n) is 7.66. The van der Waals surface area contributed by atoms with Crippen LogP contribution in [0.3, 0.4) is 0 Å². The molecular formula is C11H13NO. The Morgan fingerprint density at radius 1 is 1.54 bits per heavy atom. The molecule has 0 aromatic carbocycles. The van der Waals surface area contributed by atoms with Crippen LogP contribution in [0.2, 0.25) is 0 Å². The smallest absolute Gasteiger partial charge is 0.175 e. The van der Waals surface area contributed by atoms with E-state index in [9.17, 15) is 4.79 Å². The Balaban J connectivity index is 2.83. The number of rotatable bonds is 2. The molecule has 2 N–H and O–H groups in total. The molecule has 0 aliphatic heterocycles. The molecule has 68 valence electrons. The average molecular weight is 175 g/mol. The molecule has 0 fully saturated rings. The summed E-state index contributed by atoms with van der Waals surface area (Å²) in [5.74, 6) is -0.0949. The first-order valence-corrected chi connectivity index (χ1v) is 4.21. The maximum atomic E-state index is 10.8. The van der Waals surface area contributed by atoms with Gasteiger partial charge in [0.2, 0.25) is 0 Å². The van der Waals surface area contributed by atoms with E-state index in [4.69, 9.17) is 5.73 Å². The van der Waals surface area contributed by atoms with Crippen LogP contribution >= 0.6 is 0 Å². The van der Waals surface area contributed by atoms with Crippen LogP contribution in [0.4, 0.5) is 0 Å². The molecule has 0 heterocycles. The summed E-state index contributed by atoms with van der Waals surface area (Å²) in [4.78, 5) is 10.8. The van der Waals surface area contributed by atoms with Crippen molar-refractivity contribution in [3.8, 4) is 0 Å². The fourth-order valence-corrected chi connectivity index (χ4v) is 0.973. The number of allylic oxidation sites excluding steroid dienone is 8. The van der Waals surface area contributed by atoms with E-state index in [0.29, 0.717) is 5.70 Å². The second-order valence-corrected chi connectivity index (χ2v) is 2.89. The summed E-state index contributed by atoms with van der Waals surface area (Å²) in [7, 11) is 0. The topological polar surface area (TPSA) is 43.1 Å². The highest BCUT2D eigenvalue weighted by atomic mass is 16.1. The van der Waals surface area contributed by atoms with Crippen molar-refractivity contribution in [3.05, 3.63) is 47.7 Å². The van der Waals surface area contributed by atoms with Crippen LogP contribution in [0.15, 0.2) is 47.7 Å². The van der Waals surface area contributed by atoms with Gasteiger partial charge < -0.3 is 5.73 Å². The molecule has 0 bridgehead atoms. The van der Waals surface area contributed by atoms with Gasteiger partial charge in [0.15, 0.2) is 5.78 Å². The van der Waals surface area contributed by atoms with Crippen molar-refractivity contribution < 1.29 is 4.79 Å². The summed E-state index contributed by atoms with van der Waals surface area (Å²) in [5, 5.41) is 0. The molecule has 0 amide bonds. The Hall–Kier alpha value is -1.57. The maximum Gasteiger partial charge on any atom is 0.175 e. The lowest BCUT2D eigenvalue weighted by Gasteiger charge is -1.95. The van der Waals surface area contributed by atoms with Gasteiger partial charge in [-0.15, -0.1) is 0 Å². The van der Waals surface area contributed by atoms with E-state index in [1.54, 1.807) is 6.08 Å². The molecule has 2 nitrogen and oxygen atoms in total. The van der Waals surface area contributed by atoms with Crippen LogP contribution < -0.4 is 5.73 Å². The summed E-state index contributed by atoms with van der Waals surface area (Å²) in [6.45, 7) is 1.46. The predicted molar refractivity (Wildman–Crippen MR) is 53.9 cm³/mol. The van der Waals surface area contributed by atoms with Gasteiger partial charge in [0.05, 0.1) is 5.70 Å². The first kappa shape index (κ1) is 9.52. The van der Waals surface area contributed by atoms with Gasteiger partial charge in [-0.05, 0) is 18.1 Å². The SMILES string of the molecule is CC(=O)/C(N)=C/C1=CC=CCC=C1. The molecule has 2 heteroatoms. The first-order chi connectivity index (χ1) is 6.20. The van der Waals surface area contributed by atoms with Crippen LogP contribution in [0.5, 0.6) is 0 Å². The molecule has 1 rings (SSSR count). The Labute approximate surface area is 78.1 Å². The van der Waals surface area contributed by atoms with Crippen molar-refractivity contribution in [2.75, 3.05) is 0 Å². The zero-order chi connectivity index (χ0) is 9.68. The minimum atomic E-state index is -0.0949. The number of carbonyl (C=O) groups is 1. The van der Waals surface area contributed by atoms with Gasteiger partial charge >= 0.3 is 0 Å². The lowest BCUT2D eigenvalue weighted by molar-refractivity contribution is -0.113. The standard InChI is InChI=1S/C11H13NO/c1-9(13)11(12)8-10-6-4-2-3-5-7-10/h2,4-8H,3,12H2,1H3/b11-8-. The third kappa shape index (κ3) is 3.11. The van der Waals surface area contributed by atoms with Crippen molar-refractivity contribution in [3.63, 3.8) is 0 Å². The summed E-state index contributed by atoms with van der Waals surface area (Å²) in [5.41, 5.74) is 6.77. The monoisotopic (exact) mass is 175 g/mol. The molecule has 0 radical (unpaired) electrons. The Morgan fingerprint density at radius 2 is 2.31 bits per heavy atom. The number of ketones is 1. The molecule has 1 aliphatic carbocycles. The van der Waals surface area contributed by atoms with Gasteiger partial charge in [-0.3, -0.25) is 4.79 Å². The third-order valence-electron chi connectivity index (χ3n) is 1.74. The van der Waals surface area contributed by atoms with Crippen LogP contribution in [0, 0.1) is 0 Å². The van der Waals surface area contributed by atoms with Crippen molar-refractivity contribution in [1.82, 2.24) is 0 Å². The van der Waals surface area contributed by atoms with Gasteiger partial charge in [0.25, 0.3) is 0 Å². The second kappa shape index (κ2) is 4.45. The normalized spacial score (nSPS) is 16.7. The highest BCUT2D eigenvalue weighted by Gasteiger charge is 1.97. The molecule has 1 aliphatic rings. The van der Waals surface area contributed by atoms with Gasteiger partial charge in [0, 0.05) is 6.92 Å². The average Bonchev–Trinajstić information content (AvgIpc) is 2.32. The maximum absolute atomic E-state index is 10.8. The molecule has 13 heavy (non-hydrogen) atoms. The Bertz CT molecular complexity index is 319. The number of hydrogen-bond donors (Lipinski definition) is 1. The van der Waals surface area contributed by atoms with E-state index in [0.717, 1.165) is 12.0 Å². The van der Waals surface area contributed by atoms with Gasteiger partial charge in [-0.25, -0.2) is 0 Å². The van der Waals surface area contributed by atoms with Gasteiger partial charge in [-0.2, -0.15) is 0 Å². The molecular weight excluding hydrogens is 162 g/mol. The van der Waals surface area contributed by atoms with E-state index < -0.39 is 0 Å². The molecule has 0 aromatic heterocycles. The highest BCUT2D eigenvalue weighted by molar-refractivity contribution is 5.92. The lowest BCUT2D eigenvalue weighted by Crippen LogP contribution is -2.06. The number of nitrogens with two attached hydrogens (primary N) is 1. The van der Waals surface area contributed by atoms with Crippen LogP contribution in [0.25, 0.3) is 0 Å². The van der Waals surface area contributed by atoms with Gasteiger partial charge in [-0.1, -0.05) is 30.4 Å². The minimum absolute atomic E-state index is 0.0949. The van der Waals surface area contributed by atoms with E-state index >= 15 is 0 Å². The lowest BCUT2D eigenvalue weighted by atomic mass is 10.2. The van der Waals surface area contributed by atoms with Crippen molar-refractivity contribution >= 4 is 5.78 Å². The fourth-order valence-electron chi connectivity index (χ4n) is 0.973. The third-order valence-corrected chi connectivity index (χ3v) is 1.74. The van der Waals surface area contributed by atoms with Gasteiger partial charge in [0.1, 0.15) is 0 Å². The molecule has 0 aromatic rings.